The van der Waals surface area contributed by atoms with Crippen LogP contribution in [0.5, 0.6) is 0 Å². The van der Waals surface area contributed by atoms with E-state index in [0.29, 0.717) is 24.4 Å². The van der Waals surface area contributed by atoms with Crippen LogP contribution in [-0.4, -0.2) is 35.7 Å². The predicted octanol–water partition coefficient (Wildman–Crippen LogP) is 1.68. The number of imide groups is 1. The van der Waals surface area contributed by atoms with E-state index >= 15 is 0 Å². The molecule has 1 aliphatic heterocycles. The van der Waals surface area contributed by atoms with Crippen molar-refractivity contribution in [1.29, 1.82) is 0 Å². The number of thiophene rings is 1. The second-order valence-electron chi connectivity index (χ2n) is 6.41. The van der Waals surface area contributed by atoms with Gasteiger partial charge in [-0.2, -0.15) is 0 Å². The number of rotatable bonds is 5. The molecule has 4 atom stereocenters. The number of carbonyl (C=O) groups is 3. The topological polar surface area (TPSA) is 66.5 Å². The van der Waals surface area contributed by atoms with E-state index < -0.39 is 0 Å². The van der Waals surface area contributed by atoms with Crippen molar-refractivity contribution < 1.29 is 14.4 Å². The number of hydrogen-bond acceptors (Lipinski definition) is 4. The van der Waals surface area contributed by atoms with Gasteiger partial charge in [0.2, 0.25) is 11.8 Å². The molecular formula is C17H18N2O3S. The first-order chi connectivity index (χ1) is 11.2. The Hall–Kier alpha value is -1.95. The summed E-state index contributed by atoms with van der Waals surface area (Å²) in [5.41, 5.74) is 0. The lowest BCUT2D eigenvalue weighted by molar-refractivity contribution is -0.140. The molecule has 1 aromatic rings. The number of fused-ring (bicyclic) bond motifs is 5. The summed E-state index contributed by atoms with van der Waals surface area (Å²) in [4.78, 5) is 38.9. The lowest BCUT2D eigenvalue weighted by Crippen LogP contribution is -2.35. The van der Waals surface area contributed by atoms with E-state index in [-0.39, 0.29) is 41.4 Å². The highest BCUT2D eigenvalue weighted by Crippen LogP contribution is 2.52. The maximum Gasteiger partial charge on any atom is 0.261 e. The molecule has 5 nitrogen and oxygen atoms in total. The molecule has 2 fully saturated rings. The molecule has 4 rings (SSSR count). The molecule has 120 valence electrons. The minimum atomic E-state index is -0.127. The third-order valence-electron chi connectivity index (χ3n) is 5.15. The number of likely N-dealkylation sites (tertiary alicyclic amines) is 1. The molecule has 0 spiro atoms. The molecule has 0 radical (unpaired) electrons. The molecule has 6 heteroatoms. The van der Waals surface area contributed by atoms with Crippen LogP contribution in [0.25, 0.3) is 0 Å². The summed E-state index contributed by atoms with van der Waals surface area (Å²) in [7, 11) is 0. The van der Waals surface area contributed by atoms with Crippen LogP contribution in [0.15, 0.2) is 29.7 Å². The first-order valence-corrected chi connectivity index (χ1v) is 8.90. The Morgan fingerprint density at radius 3 is 2.52 bits per heavy atom. The maximum absolute atomic E-state index is 12.5. The second kappa shape index (κ2) is 5.60. The average molecular weight is 330 g/mol. The Labute approximate surface area is 138 Å². The van der Waals surface area contributed by atoms with Gasteiger partial charge in [0.25, 0.3) is 5.91 Å². The highest BCUT2D eigenvalue weighted by molar-refractivity contribution is 7.12. The van der Waals surface area contributed by atoms with E-state index in [4.69, 9.17) is 0 Å². The quantitative estimate of drug-likeness (QED) is 0.507. The Morgan fingerprint density at radius 1 is 1.22 bits per heavy atom. The zero-order valence-electron chi connectivity index (χ0n) is 12.6. The van der Waals surface area contributed by atoms with Crippen molar-refractivity contribution in [2.24, 2.45) is 23.7 Å². The molecule has 23 heavy (non-hydrogen) atoms. The molecule has 2 bridgehead atoms. The highest BCUT2D eigenvalue weighted by atomic mass is 32.1. The van der Waals surface area contributed by atoms with Crippen LogP contribution in [0.4, 0.5) is 0 Å². The molecule has 1 aromatic heterocycles. The summed E-state index contributed by atoms with van der Waals surface area (Å²) < 4.78 is 0. The molecule has 1 saturated heterocycles. The summed E-state index contributed by atoms with van der Waals surface area (Å²) in [6.45, 7) is 0.864. The van der Waals surface area contributed by atoms with Crippen molar-refractivity contribution in [3.05, 3.63) is 34.5 Å². The van der Waals surface area contributed by atoms with Crippen LogP contribution in [0, 0.1) is 23.7 Å². The summed E-state index contributed by atoms with van der Waals surface area (Å²) in [6, 6.07) is 3.61. The van der Waals surface area contributed by atoms with Gasteiger partial charge in [-0.3, -0.25) is 19.3 Å². The first kappa shape index (κ1) is 14.6. The van der Waals surface area contributed by atoms with Crippen molar-refractivity contribution in [3.63, 3.8) is 0 Å². The SMILES string of the molecule is O=C(NCCCN1C(=O)C2C3C=CC(C3)C2C1=O)c1cccs1. The molecule has 3 aliphatic rings. The van der Waals surface area contributed by atoms with Crippen molar-refractivity contribution in [2.75, 3.05) is 13.1 Å². The van der Waals surface area contributed by atoms with Crippen LogP contribution >= 0.6 is 11.3 Å². The van der Waals surface area contributed by atoms with E-state index in [2.05, 4.69) is 17.5 Å². The minimum Gasteiger partial charge on any atom is -0.351 e. The van der Waals surface area contributed by atoms with Gasteiger partial charge < -0.3 is 5.32 Å². The summed E-state index contributed by atoms with van der Waals surface area (Å²) in [6.07, 6.45) is 5.75. The van der Waals surface area contributed by atoms with Crippen LogP contribution in [0.3, 0.4) is 0 Å². The minimum absolute atomic E-state index is 0.0126. The van der Waals surface area contributed by atoms with Gasteiger partial charge in [-0.1, -0.05) is 18.2 Å². The molecule has 2 heterocycles. The zero-order chi connectivity index (χ0) is 16.0. The van der Waals surface area contributed by atoms with Gasteiger partial charge in [-0.05, 0) is 36.1 Å². The number of allylic oxidation sites excluding steroid dienone is 2. The molecule has 4 unspecified atom stereocenters. The lowest BCUT2D eigenvalue weighted by atomic mass is 9.85. The number of hydrogen-bond donors (Lipinski definition) is 1. The van der Waals surface area contributed by atoms with E-state index in [9.17, 15) is 14.4 Å². The Bertz CT molecular complexity index is 652. The Kier molecular flexibility index (Phi) is 3.56. The summed E-state index contributed by atoms with van der Waals surface area (Å²) in [5, 5.41) is 4.69. The third-order valence-corrected chi connectivity index (χ3v) is 6.02. The van der Waals surface area contributed by atoms with Gasteiger partial charge in [0, 0.05) is 13.1 Å². The Balaban J connectivity index is 1.30. The molecular weight excluding hydrogens is 312 g/mol. The van der Waals surface area contributed by atoms with Gasteiger partial charge >= 0.3 is 0 Å². The van der Waals surface area contributed by atoms with Crippen LogP contribution in [0.2, 0.25) is 0 Å². The lowest BCUT2D eigenvalue weighted by Gasteiger charge is -2.17. The molecule has 0 aromatic carbocycles. The van der Waals surface area contributed by atoms with Crippen molar-refractivity contribution in [1.82, 2.24) is 10.2 Å². The average Bonchev–Trinajstić information content (AvgIpc) is 3.30. The maximum atomic E-state index is 12.5. The third kappa shape index (κ3) is 2.32. The fourth-order valence-corrected chi connectivity index (χ4v) is 4.76. The standard InChI is InChI=1S/C17H18N2O3S/c20-15(12-3-1-8-23-12)18-6-2-7-19-16(21)13-10-4-5-11(9-10)14(13)17(19)22/h1,3-5,8,10-11,13-14H,2,6-7,9H2,(H,18,20). The molecule has 2 aliphatic carbocycles. The smallest absolute Gasteiger partial charge is 0.261 e. The molecule has 1 saturated carbocycles. The normalized spacial score (nSPS) is 31.0. The van der Waals surface area contributed by atoms with E-state index in [1.807, 2.05) is 11.4 Å². The van der Waals surface area contributed by atoms with E-state index in [1.165, 1.54) is 16.2 Å². The fraction of sp³-hybridized carbons (Fsp3) is 0.471. The largest absolute Gasteiger partial charge is 0.351 e. The van der Waals surface area contributed by atoms with Crippen molar-refractivity contribution in [3.8, 4) is 0 Å². The van der Waals surface area contributed by atoms with Crippen LogP contribution < -0.4 is 5.32 Å². The number of nitrogens with one attached hydrogen (secondary N) is 1. The number of nitrogens with zero attached hydrogens (tertiary/aromatic N) is 1. The van der Waals surface area contributed by atoms with Gasteiger partial charge in [0.1, 0.15) is 0 Å². The first-order valence-electron chi connectivity index (χ1n) is 8.02. The fourth-order valence-electron chi connectivity index (χ4n) is 4.12. The molecule has 1 N–H and O–H groups in total. The molecule has 3 amide bonds. The summed E-state index contributed by atoms with van der Waals surface area (Å²) >= 11 is 1.40. The Morgan fingerprint density at radius 2 is 1.91 bits per heavy atom. The van der Waals surface area contributed by atoms with E-state index in [0.717, 1.165) is 6.42 Å². The highest BCUT2D eigenvalue weighted by Gasteiger charge is 2.58. The zero-order valence-corrected chi connectivity index (χ0v) is 13.4. The van der Waals surface area contributed by atoms with Crippen molar-refractivity contribution >= 4 is 29.1 Å². The number of amides is 3. The number of carbonyl (C=O) groups excluding carboxylic acids is 3. The van der Waals surface area contributed by atoms with Gasteiger partial charge in [-0.15, -0.1) is 11.3 Å². The van der Waals surface area contributed by atoms with Gasteiger partial charge in [0.05, 0.1) is 16.7 Å². The second-order valence-corrected chi connectivity index (χ2v) is 7.36. The summed E-state index contributed by atoms with van der Waals surface area (Å²) in [5.74, 6) is 0.132. The van der Waals surface area contributed by atoms with Crippen LogP contribution in [0.1, 0.15) is 22.5 Å². The van der Waals surface area contributed by atoms with Crippen LogP contribution in [-0.2, 0) is 9.59 Å². The predicted molar refractivity (Wildman–Crippen MR) is 85.7 cm³/mol. The van der Waals surface area contributed by atoms with E-state index in [1.54, 1.807) is 6.07 Å². The van der Waals surface area contributed by atoms with Crippen molar-refractivity contribution in [2.45, 2.75) is 12.8 Å². The van der Waals surface area contributed by atoms with Gasteiger partial charge in [-0.25, -0.2) is 0 Å². The van der Waals surface area contributed by atoms with Gasteiger partial charge in [0.15, 0.2) is 0 Å². The monoisotopic (exact) mass is 330 g/mol.